The van der Waals surface area contributed by atoms with Gasteiger partial charge >= 0.3 is 0 Å². The van der Waals surface area contributed by atoms with Crippen molar-refractivity contribution in [1.29, 1.82) is 0 Å². The van der Waals surface area contributed by atoms with E-state index in [9.17, 15) is 17.6 Å². The maximum Gasteiger partial charge on any atom is 0.278 e. The molecule has 0 aliphatic heterocycles. The summed E-state index contributed by atoms with van der Waals surface area (Å²) in [5.41, 5.74) is 0.796. The smallest absolute Gasteiger partial charge is 0.278 e. The van der Waals surface area contributed by atoms with E-state index in [4.69, 9.17) is 0 Å². The maximum atomic E-state index is 12.9. The fourth-order valence-electron chi connectivity index (χ4n) is 2.11. The summed E-state index contributed by atoms with van der Waals surface area (Å²) in [6.07, 6.45) is 0. The van der Waals surface area contributed by atoms with E-state index < -0.39 is 21.6 Å². The van der Waals surface area contributed by atoms with Gasteiger partial charge in [0.25, 0.3) is 5.91 Å². The molecule has 1 N–H and O–H groups in total. The van der Waals surface area contributed by atoms with Crippen LogP contribution in [0.4, 0.5) is 10.1 Å². The predicted octanol–water partition coefficient (Wildman–Crippen LogP) is 3.07. The summed E-state index contributed by atoms with van der Waals surface area (Å²) in [5.74, 6) is -1.18. The lowest BCUT2D eigenvalue weighted by molar-refractivity contribution is 0.101. The van der Waals surface area contributed by atoms with Crippen LogP contribution in [-0.4, -0.2) is 23.9 Å². The zero-order valence-corrected chi connectivity index (χ0v) is 14.6. The first kappa shape index (κ1) is 17.2. The Morgan fingerprint density at radius 3 is 2.56 bits per heavy atom. The molecular weight excluding hydrogens is 365 g/mol. The number of nitrogens with zero attached hydrogens (tertiary/aromatic N) is 2. The van der Waals surface area contributed by atoms with Crippen LogP contribution in [-0.2, 0) is 9.84 Å². The molecule has 0 saturated heterocycles. The third kappa shape index (κ3) is 3.57. The first-order valence-corrected chi connectivity index (χ1v) is 9.34. The summed E-state index contributed by atoms with van der Waals surface area (Å²) in [5, 5.41) is 6.13. The first-order chi connectivity index (χ1) is 11.9. The molecule has 0 fully saturated rings. The molecule has 1 aromatic heterocycles. The van der Waals surface area contributed by atoms with Crippen LogP contribution in [0.15, 0.2) is 57.6 Å². The van der Waals surface area contributed by atoms with Crippen molar-refractivity contribution in [2.75, 3.05) is 5.32 Å². The Hall–Kier alpha value is -2.65. The average Bonchev–Trinajstić information content (AvgIpc) is 3.07. The second-order valence-corrected chi connectivity index (χ2v) is 8.09. The number of anilines is 1. The van der Waals surface area contributed by atoms with Gasteiger partial charge in [-0.25, -0.2) is 12.8 Å². The third-order valence-corrected chi connectivity index (χ3v) is 6.28. The molecule has 0 aliphatic carbocycles. The highest BCUT2D eigenvalue weighted by Crippen LogP contribution is 2.27. The van der Waals surface area contributed by atoms with Gasteiger partial charge in [0, 0.05) is 17.2 Å². The van der Waals surface area contributed by atoms with Gasteiger partial charge in [-0.05, 0) is 48.9 Å². The minimum Gasteiger partial charge on any atom is -0.321 e. The molecular formula is C16H12FN3O3S2. The number of rotatable bonds is 4. The average molecular weight is 377 g/mol. The quantitative estimate of drug-likeness (QED) is 0.755. The molecule has 9 heteroatoms. The van der Waals surface area contributed by atoms with Gasteiger partial charge in [-0.3, -0.25) is 4.79 Å². The zero-order valence-electron chi connectivity index (χ0n) is 12.9. The Labute approximate surface area is 147 Å². The van der Waals surface area contributed by atoms with Crippen molar-refractivity contribution in [2.45, 2.75) is 16.0 Å². The van der Waals surface area contributed by atoms with Crippen molar-refractivity contribution in [2.24, 2.45) is 0 Å². The van der Waals surface area contributed by atoms with Crippen LogP contribution in [0.1, 0.15) is 16.1 Å². The van der Waals surface area contributed by atoms with Crippen LogP contribution in [0, 0.1) is 12.7 Å². The predicted molar refractivity (Wildman–Crippen MR) is 90.9 cm³/mol. The number of carbonyl (C=O) groups excluding carboxylic acids is 1. The second kappa shape index (κ2) is 6.69. The number of halogens is 1. The van der Waals surface area contributed by atoms with Gasteiger partial charge < -0.3 is 5.32 Å². The van der Waals surface area contributed by atoms with Gasteiger partial charge in [-0.2, -0.15) is 0 Å². The van der Waals surface area contributed by atoms with Crippen LogP contribution in [0.3, 0.4) is 0 Å². The number of hydrogen-bond acceptors (Lipinski definition) is 6. The number of amides is 1. The van der Waals surface area contributed by atoms with Crippen molar-refractivity contribution in [3.8, 4) is 0 Å². The van der Waals surface area contributed by atoms with Crippen molar-refractivity contribution >= 4 is 33.0 Å². The van der Waals surface area contributed by atoms with E-state index >= 15 is 0 Å². The number of carbonyl (C=O) groups is 1. The molecule has 6 nitrogen and oxygen atoms in total. The molecule has 25 heavy (non-hydrogen) atoms. The van der Waals surface area contributed by atoms with Crippen molar-refractivity contribution in [3.05, 3.63) is 65.6 Å². The summed E-state index contributed by atoms with van der Waals surface area (Å²) in [4.78, 5) is 12.4. The van der Waals surface area contributed by atoms with E-state index in [1.807, 2.05) is 0 Å². The monoisotopic (exact) mass is 377 g/mol. The molecule has 3 rings (SSSR count). The molecule has 0 radical (unpaired) electrons. The van der Waals surface area contributed by atoms with Crippen molar-refractivity contribution in [1.82, 2.24) is 9.59 Å². The van der Waals surface area contributed by atoms with E-state index in [2.05, 4.69) is 14.9 Å². The van der Waals surface area contributed by atoms with E-state index in [-0.39, 0.29) is 14.8 Å². The van der Waals surface area contributed by atoms with Gasteiger partial charge in [-0.1, -0.05) is 16.6 Å². The topological polar surface area (TPSA) is 89.0 Å². The molecule has 3 aromatic rings. The van der Waals surface area contributed by atoms with E-state index in [1.54, 1.807) is 19.1 Å². The number of aromatic nitrogens is 2. The highest BCUT2D eigenvalue weighted by Gasteiger charge is 2.29. The maximum absolute atomic E-state index is 12.9. The SMILES string of the molecule is Cc1cccc(S(=O)(=O)c2snnc2C(=O)Nc2ccc(F)cc2)c1. The van der Waals surface area contributed by atoms with Crippen LogP contribution in [0.5, 0.6) is 0 Å². The fourth-order valence-corrected chi connectivity index (χ4v) is 4.51. The lowest BCUT2D eigenvalue weighted by atomic mass is 10.2. The van der Waals surface area contributed by atoms with Crippen molar-refractivity contribution < 1.29 is 17.6 Å². The Balaban J connectivity index is 1.94. The van der Waals surface area contributed by atoms with Crippen LogP contribution in [0.25, 0.3) is 0 Å². The summed E-state index contributed by atoms with van der Waals surface area (Å²) < 4.78 is 41.8. The summed E-state index contributed by atoms with van der Waals surface area (Å²) >= 11 is 0.629. The molecule has 0 aliphatic rings. The van der Waals surface area contributed by atoms with Crippen molar-refractivity contribution in [3.63, 3.8) is 0 Å². The van der Waals surface area contributed by atoms with Crippen LogP contribution in [0.2, 0.25) is 0 Å². The molecule has 0 atom stereocenters. The number of aryl methyl sites for hydroxylation is 1. The van der Waals surface area contributed by atoms with Gasteiger partial charge in [0.1, 0.15) is 5.82 Å². The zero-order chi connectivity index (χ0) is 18.0. The number of benzene rings is 2. The van der Waals surface area contributed by atoms with E-state index in [1.165, 1.54) is 36.4 Å². The molecule has 0 unspecified atom stereocenters. The number of nitrogens with one attached hydrogen (secondary N) is 1. The standard InChI is InChI=1S/C16H12FN3O3S2/c1-10-3-2-4-13(9-10)25(22,23)16-14(19-20-24-16)15(21)18-12-7-5-11(17)6-8-12/h2-9H,1H3,(H,18,21). The third-order valence-electron chi connectivity index (χ3n) is 3.32. The summed E-state index contributed by atoms with van der Waals surface area (Å²) in [6.45, 7) is 1.77. The van der Waals surface area contributed by atoms with E-state index in [0.29, 0.717) is 17.2 Å². The normalized spacial score (nSPS) is 11.3. The highest BCUT2D eigenvalue weighted by atomic mass is 32.2. The molecule has 1 heterocycles. The Kier molecular flexibility index (Phi) is 4.60. The molecule has 0 bridgehead atoms. The summed E-state index contributed by atoms with van der Waals surface area (Å²) in [7, 11) is -3.92. The molecule has 128 valence electrons. The van der Waals surface area contributed by atoms with Gasteiger partial charge in [-0.15, -0.1) is 5.10 Å². The molecule has 0 saturated carbocycles. The Morgan fingerprint density at radius 2 is 1.88 bits per heavy atom. The molecule has 2 aromatic carbocycles. The largest absolute Gasteiger partial charge is 0.321 e. The van der Waals surface area contributed by atoms with Gasteiger partial charge in [0.15, 0.2) is 9.90 Å². The molecule has 0 spiro atoms. The summed E-state index contributed by atoms with van der Waals surface area (Å²) in [6, 6.07) is 11.4. The second-order valence-electron chi connectivity index (χ2n) is 5.19. The Morgan fingerprint density at radius 1 is 1.16 bits per heavy atom. The van der Waals surface area contributed by atoms with E-state index in [0.717, 1.165) is 5.56 Å². The Bertz CT molecular complexity index is 1030. The molecule has 1 amide bonds. The number of sulfone groups is 1. The lowest BCUT2D eigenvalue weighted by Crippen LogP contribution is -2.16. The first-order valence-electron chi connectivity index (χ1n) is 7.09. The van der Waals surface area contributed by atoms with Gasteiger partial charge in [0.2, 0.25) is 9.84 Å². The highest BCUT2D eigenvalue weighted by molar-refractivity contribution is 7.93. The van der Waals surface area contributed by atoms with Crippen LogP contribution >= 0.6 is 11.5 Å². The lowest BCUT2D eigenvalue weighted by Gasteiger charge is -2.06. The minimum absolute atomic E-state index is 0.0642. The minimum atomic E-state index is -3.92. The number of hydrogen-bond donors (Lipinski definition) is 1. The van der Waals surface area contributed by atoms with Crippen LogP contribution < -0.4 is 5.32 Å². The fraction of sp³-hybridized carbons (Fsp3) is 0.0625. The van der Waals surface area contributed by atoms with Gasteiger partial charge in [0.05, 0.1) is 4.90 Å².